The van der Waals surface area contributed by atoms with Gasteiger partial charge >= 0.3 is 0 Å². The van der Waals surface area contributed by atoms with Gasteiger partial charge in [0.05, 0.1) is 6.54 Å². The van der Waals surface area contributed by atoms with Gasteiger partial charge in [-0.15, -0.1) is 0 Å². The van der Waals surface area contributed by atoms with Crippen molar-refractivity contribution in [3.8, 4) is 5.75 Å². The summed E-state index contributed by atoms with van der Waals surface area (Å²) in [5, 5.41) is 12.9. The molecule has 0 aliphatic carbocycles. The molecule has 1 aromatic rings. The molecule has 1 fully saturated rings. The van der Waals surface area contributed by atoms with E-state index in [-0.39, 0.29) is 5.91 Å². The minimum atomic E-state index is 0.185. The highest BCUT2D eigenvalue weighted by molar-refractivity contribution is 5.78. The lowest BCUT2D eigenvalue weighted by Gasteiger charge is -2.15. The first-order chi connectivity index (χ1) is 9.08. The van der Waals surface area contributed by atoms with E-state index in [9.17, 15) is 9.90 Å². The summed E-state index contributed by atoms with van der Waals surface area (Å²) < 4.78 is 0. The smallest absolute Gasteiger partial charge is 0.236 e. The topological polar surface area (TPSA) is 52.6 Å². The molecule has 0 radical (unpaired) electrons. The molecule has 0 spiro atoms. The first-order valence-corrected chi connectivity index (χ1v) is 6.85. The van der Waals surface area contributed by atoms with Crippen molar-refractivity contribution in [3.63, 3.8) is 0 Å². The van der Waals surface area contributed by atoms with Crippen molar-refractivity contribution in [1.29, 1.82) is 0 Å². The molecular weight excluding hydrogens is 240 g/mol. The Balaban J connectivity index is 1.84. The third kappa shape index (κ3) is 3.47. The second kappa shape index (κ2) is 6.06. The summed E-state index contributed by atoms with van der Waals surface area (Å²) >= 11 is 0. The highest BCUT2D eigenvalue weighted by Gasteiger charge is 2.16. The predicted octanol–water partition coefficient (Wildman–Crippen LogP) is 1.72. The van der Waals surface area contributed by atoms with Gasteiger partial charge in [0.25, 0.3) is 0 Å². The van der Waals surface area contributed by atoms with Crippen LogP contribution in [0.25, 0.3) is 0 Å². The Morgan fingerprint density at radius 3 is 2.42 bits per heavy atom. The number of benzene rings is 1. The number of nitrogens with one attached hydrogen (secondary N) is 1. The van der Waals surface area contributed by atoms with Gasteiger partial charge in [0.2, 0.25) is 5.91 Å². The SMILES string of the molecule is Cc1cc(CNCC(=O)N2CCCC2)cc(C)c1O. The van der Waals surface area contributed by atoms with Crippen LogP contribution in [0.4, 0.5) is 0 Å². The van der Waals surface area contributed by atoms with Crippen LogP contribution in [0.5, 0.6) is 5.75 Å². The summed E-state index contributed by atoms with van der Waals surface area (Å²) in [7, 11) is 0. The zero-order valence-electron chi connectivity index (χ0n) is 11.7. The molecule has 1 aromatic carbocycles. The van der Waals surface area contributed by atoms with Crippen molar-refractivity contribution < 1.29 is 9.90 Å². The van der Waals surface area contributed by atoms with Crippen LogP contribution >= 0.6 is 0 Å². The van der Waals surface area contributed by atoms with Crippen LogP contribution in [0.2, 0.25) is 0 Å². The first-order valence-electron chi connectivity index (χ1n) is 6.85. The number of hydrogen-bond acceptors (Lipinski definition) is 3. The molecule has 2 N–H and O–H groups in total. The number of rotatable bonds is 4. The van der Waals surface area contributed by atoms with E-state index >= 15 is 0 Å². The summed E-state index contributed by atoms with van der Waals surface area (Å²) in [5.41, 5.74) is 2.85. The van der Waals surface area contributed by atoms with Crippen molar-refractivity contribution in [1.82, 2.24) is 10.2 Å². The predicted molar refractivity (Wildman–Crippen MR) is 75.1 cm³/mol. The highest BCUT2D eigenvalue weighted by Crippen LogP contribution is 2.22. The Kier molecular flexibility index (Phi) is 4.43. The maximum Gasteiger partial charge on any atom is 0.236 e. The number of aryl methyl sites for hydroxylation is 2. The molecule has 1 aliphatic rings. The van der Waals surface area contributed by atoms with E-state index in [1.54, 1.807) is 0 Å². The zero-order chi connectivity index (χ0) is 13.8. The fraction of sp³-hybridized carbons (Fsp3) is 0.533. The Labute approximate surface area is 114 Å². The standard InChI is InChI=1S/C15H22N2O2/c1-11-7-13(8-12(2)15(11)19)9-16-10-14(18)17-5-3-4-6-17/h7-8,16,19H,3-6,9-10H2,1-2H3. The molecule has 1 saturated heterocycles. The maximum atomic E-state index is 11.8. The van der Waals surface area contributed by atoms with E-state index in [0.29, 0.717) is 18.8 Å². The van der Waals surface area contributed by atoms with E-state index in [0.717, 1.165) is 42.6 Å². The Morgan fingerprint density at radius 1 is 1.26 bits per heavy atom. The van der Waals surface area contributed by atoms with Crippen molar-refractivity contribution in [2.45, 2.75) is 33.2 Å². The zero-order valence-corrected chi connectivity index (χ0v) is 11.7. The molecule has 2 rings (SSSR count). The number of carbonyl (C=O) groups excluding carboxylic acids is 1. The van der Waals surface area contributed by atoms with Crippen molar-refractivity contribution in [3.05, 3.63) is 28.8 Å². The van der Waals surface area contributed by atoms with Crippen LogP contribution in [0.1, 0.15) is 29.5 Å². The number of phenolic OH excluding ortho intramolecular Hbond substituents is 1. The molecule has 104 valence electrons. The lowest BCUT2D eigenvalue weighted by molar-refractivity contribution is -0.129. The molecule has 19 heavy (non-hydrogen) atoms. The minimum Gasteiger partial charge on any atom is -0.507 e. The molecule has 0 aromatic heterocycles. The van der Waals surface area contributed by atoms with E-state index in [1.807, 2.05) is 30.9 Å². The summed E-state index contributed by atoms with van der Waals surface area (Å²) in [4.78, 5) is 13.8. The molecule has 0 bridgehead atoms. The summed E-state index contributed by atoms with van der Waals surface area (Å²) in [6.07, 6.45) is 2.25. The van der Waals surface area contributed by atoms with Gasteiger partial charge in [-0.25, -0.2) is 0 Å². The fourth-order valence-electron chi connectivity index (χ4n) is 2.54. The second-order valence-electron chi connectivity index (χ2n) is 5.27. The molecule has 0 saturated carbocycles. The highest BCUT2D eigenvalue weighted by atomic mass is 16.3. The number of likely N-dealkylation sites (tertiary alicyclic amines) is 1. The van der Waals surface area contributed by atoms with Crippen LogP contribution in [0, 0.1) is 13.8 Å². The summed E-state index contributed by atoms with van der Waals surface area (Å²) in [5.74, 6) is 0.543. The molecule has 4 nitrogen and oxygen atoms in total. The molecule has 0 atom stereocenters. The van der Waals surface area contributed by atoms with E-state index in [1.165, 1.54) is 0 Å². The molecule has 1 heterocycles. The monoisotopic (exact) mass is 262 g/mol. The minimum absolute atomic E-state index is 0.185. The van der Waals surface area contributed by atoms with Gasteiger partial charge in [-0.05, 0) is 43.4 Å². The third-order valence-corrected chi connectivity index (χ3v) is 3.61. The summed E-state index contributed by atoms with van der Waals surface area (Å²) in [6, 6.07) is 3.91. The lowest BCUT2D eigenvalue weighted by atomic mass is 10.1. The van der Waals surface area contributed by atoms with Crippen molar-refractivity contribution >= 4 is 5.91 Å². The van der Waals surface area contributed by atoms with Gasteiger partial charge in [-0.1, -0.05) is 12.1 Å². The maximum absolute atomic E-state index is 11.8. The van der Waals surface area contributed by atoms with E-state index in [2.05, 4.69) is 5.32 Å². The number of amides is 1. The number of nitrogens with zero attached hydrogens (tertiary/aromatic N) is 1. The second-order valence-corrected chi connectivity index (χ2v) is 5.27. The largest absolute Gasteiger partial charge is 0.507 e. The third-order valence-electron chi connectivity index (χ3n) is 3.61. The number of hydrogen-bond donors (Lipinski definition) is 2. The van der Waals surface area contributed by atoms with Gasteiger partial charge in [0, 0.05) is 19.6 Å². The Morgan fingerprint density at radius 2 is 1.84 bits per heavy atom. The molecular formula is C15H22N2O2. The average Bonchev–Trinajstić information content (AvgIpc) is 2.89. The van der Waals surface area contributed by atoms with Crippen LogP contribution < -0.4 is 5.32 Å². The molecule has 1 amide bonds. The number of carbonyl (C=O) groups is 1. The lowest BCUT2D eigenvalue weighted by Crippen LogP contribution is -2.35. The molecule has 0 unspecified atom stereocenters. The number of aromatic hydroxyl groups is 1. The Bertz CT molecular complexity index is 442. The van der Waals surface area contributed by atoms with Gasteiger partial charge in [0.1, 0.15) is 5.75 Å². The quantitative estimate of drug-likeness (QED) is 0.868. The van der Waals surface area contributed by atoms with Gasteiger partial charge < -0.3 is 15.3 Å². The van der Waals surface area contributed by atoms with Crippen LogP contribution in [0.3, 0.4) is 0 Å². The Hall–Kier alpha value is -1.55. The van der Waals surface area contributed by atoms with Crippen LogP contribution in [-0.2, 0) is 11.3 Å². The van der Waals surface area contributed by atoms with Crippen LogP contribution in [0.15, 0.2) is 12.1 Å². The van der Waals surface area contributed by atoms with Crippen molar-refractivity contribution in [2.24, 2.45) is 0 Å². The van der Waals surface area contributed by atoms with Gasteiger partial charge in [0.15, 0.2) is 0 Å². The fourth-order valence-corrected chi connectivity index (χ4v) is 2.54. The van der Waals surface area contributed by atoms with Crippen LogP contribution in [-0.4, -0.2) is 35.5 Å². The van der Waals surface area contributed by atoms with Gasteiger partial charge in [-0.3, -0.25) is 4.79 Å². The molecule has 1 aliphatic heterocycles. The first kappa shape index (κ1) is 13.9. The molecule has 4 heteroatoms. The van der Waals surface area contributed by atoms with E-state index < -0.39 is 0 Å². The normalized spacial score (nSPS) is 14.9. The van der Waals surface area contributed by atoms with Crippen molar-refractivity contribution in [2.75, 3.05) is 19.6 Å². The average molecular weight is 262 g/mol. The van der Waals surface area contributed by atoms with E-state index in [4.69, 9.17) is 0 Å². The number of phenols is 1. The summed E-state index contributed by atoms with van der Waals surface area (Å²) in [6.45, 7) is 6.62. The van der Waals surface area contributed by atoms with Gasteiger partial charge in [-0.2, -0.15) is 0 Å².